The SMILES string of the molecule is NC(=O)CN(CC1CC2CCC1C2)C1CCNCC1. The average molecular weight is 265 g/mol. The van der Waals surface area contributed by atoms with E-state index < -0.39 is 0 Å². The van der Waals surface area contributed by atoms with Gasteiger partial charge in [0, 0.05) is 12.6 Å². The van der Waals surface area contributed by atoms with E-state index in [1.807, 2.05) is 0 Å². The van der Waals surface area contributed by atoms with Gasteiger partial charge in [-0.25, -0.2) is 0 Å². The molecule has 0 aromatic rings. The van der Waals surface area contributed by atoms with Gasteiger partial charge in [0.2, 0.25) is 5.91 Å². The highest BCUT2D eigenvalue weighted by atomic mass is 16.1. The molecule has 3 atom stereocenters. The van der Waals surface area contributed by atoms with Crippen LogP contribution in [0, 0.1) is 17.8 Å². The number of rotatable bonds is 5. The van der Waals surface area contributed by atoms with Crippen LogP contribution in [0.5, 0.6) is 0 Å². The quantitative estimate of drug-likeness (QED) is 0.778. The van der Waals surface area contributed by atoms with Gasteiger partial charge < -0.3 is 11.1 Å². The Morgan fingerprint density at radius 2 is 1.95 bits per heavy atom. The van der Waals surface area contributed by atoms with Crippen molar-refractivity contribution in [2.75, 3.05) is 26.2 Å². The Labute approximate surface area is 116 Å². The summed E-state index contributed by atoms with van der Waals surface area (Å²) < 4.78 is 0. The van der Waals surface area contributed by atoms with Crippen molar-refractivity contribution in [3.05, 3.63) is 0 Å². The van der Waals surface area contributed by atoms with Gasteiger partial charge in [-0.05, 0) is 62.9 Å². The first kappa shape index (κ1) is 13.4. The van der Waals surface area contributed by atoms with Gasteiger partial charge in [0.25, 0.3) is 0 Å². The number of piperidine rings is 1. The van der Waals surface area contributed by atoms with Crippen LogP contribution < -0.4 is 11.1 Å². The molecular weight excluding hydrogens is 238 g/mol. The third-order valence-corrected chi connectivity index (χ3v) is 5.54. The zero-order valence-electron chi connectivity index (χ0n) is 11.8. The van der Waals surface area contributed by atoms with Gasteiger partial charge >= 0.3 is 0 Å². The lowest BCUT2D eigenvalue weighted by molar-refractivity contribution is -0.120. The number of hydrogen-bond acceptors (Lipinski definition) is 3. The van der Waals surface area contributed by atoms with Crippen LogP contribution in [0.2, 0.25) is 0 Å². The van der Waals surface area contributed by atoms with Crippen molar-refractivity contribution in [3.63, 3.8) is 0 Å². The van der Waals surface area contributed by atoms with Crippen LogP contribution in [0.4, 0.5) is 0 Å². The molecule has 3 rings (SSSR count). The highest BCUT2D eigenvalue weighted by Crippen LogP contribution is 2.48. The van der Waals surface area contributed by atoms with Crippen LogP contribution in [0.1, 0.15) is 38.5 Å². The smallest absolute Gasteiger partial charge is 0.231 e. The third-order valence-electron chi connectivity index (χ3n) is 5.54. The lowest BCUT2D eigenvalue weighted by Gasteiger charge is -2.37. The minimum atomic E-state index is -0.165. The van der Waals surface area contributed by atoms with E-state index in [2.05, 4.69) is 10.2 Å². The number of carbonyl (C=O) groups is 1. The molecule has 3 unspecified atom stereocenters. The van der Waals surface area contributed by atoms with Crippen molar-refractivity contribution in [2.24, 2.45) is 23.5 Å². The van der Waals surface area contributed by atoms with E-state index in [1.54, 1.807) is 0 Å². The average Bonchev–Trinajstić information content (AvgIpc) is 3.01. The van der Waals surface area contributed by atoms with Crippen molar-refractivity contribution in [1.82, 2.24) is 10.2 Å². The summed E-state index contributed by atoms with van der Waals surface area (Å²) >= 11 is 0. The second-order valence-corrected chi connectivity index (χ2v) is 6.81. The summed E-state index contributed by atoms with van der Waals surface area (Å²) in [7, 11) is 0. The maximum absolute atomic E-state index is 11.4. The van der Waals surface area contributed by atoms with Crippen LogP contribution in [-0.2, 0) is 4.79 Å². The maximum Gasteiger partial charge on any atom is 0.231 e. The minimum Gasteiger partial charge on any atom is -0.369 e. The highest BCUT2D eigenvalue weighted by molar-refractivity contribution is 5.75. The molecule has 2 aliphatic carbocycles. The van der Waals surface area contributed by atoms with Crippen LogP contribution in [0.3, 0.4) is 0 Å². The Balaban J connectivity index is 1.60. The van der Waals surface area contributed by atoms with E-state index in [9.17, 15) is 4.79 Å². The van der Waals surface area contributed by atoms with E-state index in [0.29, 0.717) is 12.6 Å². The fraction of sp³-hybridized carbons (Fsp3) is 0.933. The molecule has 1 amide bonds. The van der Waals surface area contributed by atoms with Crippen LogP contribution in [0.15, 0.2) is 0 Å². The second kappa shape index (κ2) is 5.80. The van der Waals surface area contributed by atoms with E-state index in [-0.39, 0.29) is 5.91 Å². The fourth-order valence-electron chi connectivity index (χ4n) is 4.62. The Morgan fingerprint density at radius 1 is 1.16 bits per heavy atom. The number of nitrogens with zero attached hydrogens (tertiary/aromatic N) is 1. The van der Waals surface area contributed by atoms with Crippen molar-refractivity contribution in [1.29, 1.82) is 0 Å². The summed E-state index contributed by atoms with van der Waals surface area (Å²) in [5.41, 5.74) is 5.45. The topological polar surface area (TPSA) is 58.4 Å². The largest absolute Gasteiger partial charge is 0.369 e. The van der Waals surface area contributed by atoms with Crippen LogP contribution in [-0.4, -0.2) is 43.0 Å². The summed E-state index contributed by atoms with van der Waals surface area (Å²) in [6.45, 7) is 3.72. The lowest BCUT2D eigenvalue weighted by atomic mass is 9.87. The Hall–Kier alpha value is -0.610. The number of nitrogens with two attached hydrogens (primary N) is 1. The molecule has 4 nitrogen and oxygen atoms in total. The summed E-state index contributed by atoms with van der Waals surface area (Å²) in [5, 5.41) is 3.40. The molecule has 0 aromatic heterocycles. The molecule has 4 heteroatoms. The molecule has 108 valence electrons. The predicted octanol–water partition coefficient (Wildman–Crippen LogP) is 0.962. The van der Waals surface area contributed by atoms with E-state index in [0.717, 1.165) is 50.2 Å². The van der Waals surface area contributed by atoms with Gasteiger partial charge in [0.1, 0.15) is 0 Å². The monoisotopic (exact) mass is 265 g/mol. The predicted molar refractivity (Wildman–Crippen MR) is 75.6 cm³/mol. The molecule has 0 spiro atoms. The van der Waals surface area contributed by atoms with Crippen molar-refractivity contribution in [2.45, 2.75) is 44.6 Å². The molecule has 2 saturated carbocycles. The first-order valence-electron chi connectivity index (χ1n) is 7.95. The Kier molecular flexibility index (Phi) is 4.08. The van der Waals surface area contributed by atoms with Crippen molar-refractivity contribution in [3.8, 4) is 0 Å². The molecule has 0 aromatic carbocycles. The molecule has 0 radical (unpaired) electrons. The van der Waals surface area contributed by atoms with Gasteiger partial charge in [0.15, 0.2) is 0 Å². The van der Waals surface area contributed by atoms with Crippen LogP contribution in [0.25, 0.3) is 0 Å². The van der Waals surface area contributed by atoms with E-state index in [1.165, 1.54) is 25.7 Å². The first-order chi connectivity index (χ1) is 9.22. The van der Waals surface area contributed by atoms with Crippen molar-refractivity contribution < 1.29 is 4.79 Å². The zero-order valence-corrected chi connectivity index (χ0v) is 11.8. The normalized spacial score (nSPS) is 35.1. The maximum atomic E-state index is 11.4. The van der Waals surface area contributed by atoms with Gasteiger partial charge in [-0.15, -0.1) is 0 Å². The zero-order chi connectivity index (χ0) is 13.2. The standard InChI is InChI=1S/C15H27N3O/c16-15(19)10-18(14-3-5-17-6-4-14)9-13-8-11-1-2-12(13)7-11/h11-14,17H,1-10H2,(H2,16,19). The van der Waals surface area contributed by atoms with Gasteiger partial charge in [-0.3, -0.25) is 9.69 Å². The lowest BCUT2D eigenvalue weighted by Crippen LogP contribution is -2.48. The number of nitrogens with one attached hydrogen (secondary N) is 1. The summed E-state index contributed by atoms with van der Waals surface area (Å²) in [6, 6.07) is 0.563. The van der Waals surface area contributed by atoms with Crippen LogP contribution >= 0.6 is 0 Å². The van der Waals surface area contributed by atoms with E-state index in [4.69, 9.17) is 5.73 Å². The highest BCUT2D eigenvalue weighted by Gasteiger charge is 2.40. The summed E-state index contributed by atoms with van der Waals surface area (Å²) in [5.74, 6) is 2.58. The fourth-order valence-corrected chi connectivity index (χ4v) is 4.62. The van der Waals surface area contributed by atoms with Gasteiger partial charge in [0.05, 0.1) is 6.54 Å². The van der Waals surface area contributed by atoms with Crippen molar-refractivity contribution >= 4 is 5.91 Å². The Morgan fingerprint density at radius 3 is 2.53 bits per heavy atom. The molecular formula is C15H27N3O. The summed E-state index contributed by atoms with van der Waals surface area (Å²) in [4.78, 5) is 13.7. The molecule has 2 bridgehead atoms. The van der Waals surface area contributed by atoms with Gasteiger partial charge in [-0.1, -0.05) is 6.42 Å². The number of carbonyl (C=O) groups excluding carboxylic acids is 1. The second-order valence-electron chi connectivity index (χ2n) is 6.81. The molecule has 1 heterocycles. The third kappa shape index (κ3) is 3.11. The number of hydrogen-bond donors (Lipinski definition) is 2. The molecule has 19 heavy (non-hydrogen) atoms. The summed E-state index contributed by atoms with van der Waals surface area (Å²) in [6.07, 6.45) is 8.03. The number of amides is 1. The Bertz CT molecular complexity index is 327. The number of fused-ring (bicyclic) bond motifs is 2. The molecule has 1 aliphatic heterocycles. The van der Waals surface area contributed by atoms with E-state index >= 15 is 0 Å². The minimum absolute atomic E-state index is 0.165. The number of primary amides is 1. The first-order valence-corrected chi connectivity index (χ1v) is 7.95. The molecule has 3 fully saturated rings. The van der Waals surface area contributed by atoms with Gasteiger partial charge in [-0.2, -0.15) is 0 Å². The molecule has 3 aliphatic rings. The molecule has 3 N–H and O–H groups in total. The molecule has 1 saturated heterocycles.